The normalized spacial score (nSPS) is 17.2. The Kier molecular flexibility index (Phi) is 5.89. The van der Waals surface area contributed by atoms with Gasteiger partial charge in [0.15, 0.2) is 0 Å². The highest BCUT2D eigenvalue weighted by atomic mass is 32.1. The Balaban J connectivity index is 1.48. The number of aromatic nitrogens is 1. The molecular weight excluding hydrogens is 464 g/mol. The van der Waals surface area contributed by atoms with Crippen molar-refractivity contribution in [2.45, 2.75) is 18.9 Å². The minimum atomic E-state index is -0.339. The molecule has 0 unspecified atom stereocenters. The van der Waals surface area contributed by atoms with Gasteiger partial charge >= 0.3 is 6.03 Å². The molecule has 2 N–H and O–H groups in total. The van der Waals surface area contributed by atoms with Crippen molar-refractivity contribution in [1.82, 2.24) is 15.2 Å². The zero-order chi connectivity index (χ0) is 24.7. The molecular formula is C25H26N6O3S. The first-order chi connectivity index (χ1) is 16.9. The fraction of sp³-hybridized carbons (Fsp3) is 0.280. The van der Waals surface area contributed by atoms with Gasteiger partial charge in [-0.15, -0.1) is 11.3 Å². The van der Waals surface area contributed by atoms with Crippen LogP contribution in [0.3, 0.4) is 0 Å². The quantitative estimate of drug-likeness (QED) is 0.528. The minimum absolute atomic E-state index is 0.138. The van der Waals surface area contributed by atoms with Gasteiger partial charge in [-0.25, -0.2) is 9.78 Å². The first-order valence-corrected chi connectivity index (χ1v) is 12.2. The molecule has 1 aromatic carbocycles. The lowest BCUT2D eigenvalue weighted by atomic mass is 10.1. The van der Waals surface area contributed by atoms with E-state index < -0.39 is 0 Å². The Morgan fingerprint density at radius 2 is 2.14 bits per heavy atom. The molecule has 0 radical (unpaired) electrons. The smallest absolute Gasteiger partial charge is 0.331 e. The average Bonchev–Trinajstić information content (AvgIpc) is 3.23. The van der Waals surface area contributed by atoms with Gasteiger partial charge in [-0.2, -0.15) is 0 Å². The number of nitrogens with zero attached hydrogens (tertiary/aromatic N) is 4. The minimum Gasteiger partial charge on any atom is -0.378 e. The van der Waals surface area contributed by atoms with Gasteiger partial charge in [0.25, 0.3) is 5.91 Å². The van der Waals surface area contributed by atoms with E-state index in [-0.39, 0.29) is 23.9 Å². The highest BCUT2D eigenvalue weighted by molar-refractivity contribution is 7.21. The number of rotatable bonds is 5. The highest BCUT2D eigenvalue weighted by Crippen LogP contribution is 2.46. The fourth-order valence-electron chi connectivity index (χ4n) is 4.59. The van der Waals surface area contributed by atoms with Crippen molar-refractivity contribution in [3.05, 3.63) is 54.1 Å². The number of hydrogen-bond acceptors (Lipinski definition) is 6. The van der Waals surface area contributed by atoms with Crippen molar-refractivity contribution in [1.29, 1.82) is 0 Å². The summed E-state index contributed by atoms with van der Waals surface area (Å²) in [5.74, 6) is -0.421. The molecule has 1 atom stereocenters. The number of anilines is 4. The SMILES string of the molecule is C=CC(=O)N1CCC[C@@H](NC(=O)c2sc3nccc4c3c2NC(=O)N4c2cccc(N(C)C)c2)C1. The Morgan fingerprint density at radius 1 is 1.31 bits per heavy atom. The highest BCUT2D eigenvalue weighted by Gasteiger charge is 2.33. The number of nitrogens with one attached hydrogen (secondary N) is 2. The number of carbonyl (C=O) groups excluding carboxylic acids is 3. The third kappa shape index (κ3) is 4.10. The van der Waals surface area contributed by atoms with Gasteiger partial charge in [0, 0.05) is 45.1 Å². The van der Waals surface area contributed by atoms with Crippen LogP contribution in [0.5, 0.6) is 0 Å². The van der Waals surface area contributed by atoms with E-state index in [4.69, 9.17) is 0 Å². The van der Waals surface area contributed by atoms with E-state index in [2.05, 4.69) is 22.2 Å². The van der Waals surface area contributed by atoms with E-state index in [0.717, 1.165) is 29.6 Å². The Bertz CT molecular complexity index is 1350. The predicted octanol–water partition coefficient (Wildman–Crippen LogP) is 3.95. The summed E-state index contributed by atoms with van der Waals surface area (Å²) >= 11 is 1.25. The van der Waals surface area contributed by atoms with Crippen LogP contribution < -0.4 is 20.4 Å². The summed E-state index contributed by atoms with van der Waals surface area (Å²) in [6.45, 7) is 4.63. The molecule has 10 heteroatoms. The lowest BCUT2D eigenvalue weighted by Crippen LogP contribution is -2.49. The van der Waals surface area contributed by atoms with Crippen molar-refractivity contribution >= 4 is 62.1 Å². The van der Waals surface area contributed by atoms with Crippen molar-refractivity contribution in [2.75, 3.05) is 42.3 Å². The van der Waals surface area contributed by atoms with Gasteiger partial charge in [-0.1, -0.05) is 12.6 Å². The molecule has 180 valence electrons. The van der Waals surface area contributed by atoms with Gasteiger partial charge in [-0.05, 0) is 43.2 Å². The molecule has 1 fully saturated rings. The number of pyridine rings is 1. The lowest BCUT2D eigenvalue weighted by Gasteiger charge is -2.32. The number of thiophene rings is 1. The summed E-state index contributed by atoms with van der Waals surface area (Å²) in [6, 6.07) is 8.98. The molecule has 2 aliphatic heterocycles. The first-order valence-electron chi connectivity index (χ1n) is 11.4. The van der Waals surface area contributed by atoms with Crippen molar-refractivity contribution in [2.24, 2.45) is 0 Å². The number of urea groups is 1. The molecule has 0 spiro atoms. The van der Waals surface area contributed by atoms with Gasteiger partial charge in [0.2, 0.25) is 5.91 Å². The van der Waals surface area contributed by atoms with Crippen molar-refractivity contribution in [3.63, 3.8) is 0 Å². The number of carbonyl (C=O) groups is 3. The summed E-state index contributed by atoms with van der Waals surface area (Å²) in [7, 11) is 3.89. The van der Waals surface area contributed by atoms with Gasteiger partial charge in [0.1, 0.15) is 9.71 Å². The zero-order valence-electron chi connectivity index (χ0n) is 19.6. The molecule has 1 saturated heterocycles. The largest absolute Gasteiger partial charge is 0.378 e. The third-order valence-corrected chi connectivity index (χ3v) is 7.40. The van der Waals surface area contributed by atoms with E-state index in [1.807, 2.05) is 43.3 Å². The summed E-state index contributed by atoms with van der Waals surface area (Å²) in [4.78, 5) is 49.4. The maximum Gasteiger partial charge on any atom is 0.331 e. The second-order valence-corrected chi connectivity index (χ2v) is 9.80. The molecule has 3 aromatic rings. The van der Waals surface area contributed by atoms with Crippen LogP contribution >= 0.6 is 11.3 Å². The van der Waals surface area contributed by atoms with E-state index >= 15 is 0 Å². The monoisotopic (exact) mass is 490 g/mol. The second-order valence-electron chi connectivity index (χ2n) is 8.80. The topological polar surface area (TPSA) is 97.9 Å². The van der Waals surface area contributed by atoms with Crippen LogP contribution in [-0.4, -0.2) is 61.0 Å². The van der Waals surface area contributed by atoms with Gasteiger partial charge < -0.3 is 20.4 Å². The van der Waals surface area contributed by atoms with Crippen molar-refractivity contribution in [3.8, 4) is 0 Å². The molecule has 0 bridgehead atoms. The van der Waals surface area contributed by atoms with Gasteiger partial charge in [0.05, 0.1) is 22.4 Å². The standard InChI is InChI=1S/C25H26N6O3S/c1-4-19(32)30-12-6-7-15(14-30)27-23(33)22-21-20-18(10-11-26-24(20)35-22)31(25(34)28-21)17-9-5-8-16(13-17)29(2)3/h4-5,8-11,13,15H,1,6-7,12,14H2,2-3H3,(H,27,33)(H,28,34)/t15-/m1/s1. The van der Waals surface area contributed by atoms with Crippen LogP contribution in [0.15, 0.2) is 49.2 Å². The lowest BCUT2D eigenvalue weighted by molar-refractivity contribution is -0.127. The Labute approximate surface area is 207 Å². The Hall–Kier alpha value is -3.92. The summed E-state index contributed by atoms with van der Waals surface area (Å²) in [5, 5.41) is 6.72. The molecule has 4 heterocycles. The van der Waals surface area contributed by atoms with Crippen molar-refractivity contribution < 1.29 is 14.4 Å². The average molecular weight is 491 g/mol. The second kappa shape index (κ2) is 9.03. The molecule has 5 rings (SSSR count). The number of hydrogen-bond donors (Lipinski definition) is 2. The molecule has 0 aliphatic carbocycles. The first kappa shape index (κ1) is 22.9. The van der Waals surface area contributed by atoms with Crippen LogP contribution in [0.2, 0.25) is 0 Å². The number of likely N-dealkylation sites (tertiary alicyclic amines) is 1. The molecule has 9 nitrogen and oxygen atoms in total. The van der Waals surface area contributed by atoms with E-state index in [9.17, 15) is 14.4 Å². The number of benzene rings is 1. The summed E-state index contributed by atoms with van der Waals surface area (Å²) in [6.07, 6.45) is 4.52. The maximum atomic E-state index is 13.3. The van der Waals surface area contributed by atoms with Crippen LogP contribution in [0, 0.1) is 0 Å². The van der Waals surface area contributed by atoms with Gasteiger partial charge in [-0.3, -0.25) is 14.5 Å². The Morgan fingerprint density at radius 3 is 2.91 bits per heavy atom. The maximum absolute atomic E-state index is 13.3. The molecule has 0 saturated carbocycles. The predicted molar refractivity (Wildman–Crippen MR) is 139 cm³/mol. The molecule has 2 aliphatic rings. The molecule has 2 aromatic heterocycles. The van der Waals surface area contributed by atoms with Crippen LogP contribution in [0.1, 0.15) is 22.5 Å². The zero-order valence-corrected chi connectivity index (χ0v) is 20.4. The molecule has 4 amide bonds. The summed E-state index contributed by atoms with van der Waals surface area (Å²) < 4.78 is 0. The van der Waals surface area contributed by atoms with E-state index in [1.165, 1.54) is 17.4 Å². The van der Waals surface area contributed by atoms with Crippen LogP contribution in [0.4, 0.5) is 27.5 Å². The van der Waals surface area contributed by atoms with Crippen LogP contribution in [-0.2, 0) is 4.79 Å². The fourth-order valence-corrected chi connectivity index (χ4v) is 5.61. The summed E-state index contributed by atoms with van der Waals surface area (Å²) in [5.41, 5.74) is 2.84. The molecule has 35 heavy (non-hydrogen) atoms. The van der Waals surface area contributed by atoms with E-state index in [0.29, 0.717) is 34.2 Å². The third-order valence-electron chi connectivity index (χ3n) is 6.30. The number of piperidine rings is 1. The van der Waals surface area contributed by atoms with E-state index in [1.54, 1.807) is 22.1 Å². The van der Waals surface area contributed by atoms with Crippen LogP contribution in [0.25, 0.3) is 10.2 Å². The number of amides is 4.